The van der Waals surface area contributed by atoms with E-state index in [-0.39, 0.29) is 5.91 Å². The second-order valence-electron chi connectivity index (χ2n) is 4.65. The number of amides is 1. The van der Waals surface area contributed by atoms with Crippen molar-refractivity contribution in [2.75, 3.05) is 6.54 Å². The first-order valence-corrected chi connectivity index (χ1v) is 6.49. The molecule has 0 saturated heterocycles. The predicted octanol–water partition coefficient (Wildman–Crippen LogP) is 2.44. The van der Waals surface area contributed by atoms with Gasteiger partial charge in [-0.05, 0) is 25.1 Å². The number of fused-ring (bicyclic) bond motifs is 1. The Labute approximate surface area is 116 Å². The Morgan fingerprint density at radius 1 is 1.40 bits per heavy atom. The van der Waals surface area contributed by atoms with Crippen molar-refractivity contribution in [3.05, 3.63) is 53.7 Å². The van der Waals surface area contributed by atoms with E-state index in [9.17, 15) is 4.79 Å². The molecule has 5 heteroatoms. The smallest absolute Gasteiger partial charge is 0.254 e. The highest BCUT2D eigenvalue weighted by molar-refractivity contribution is 5.93. The quantitative estimate of drug-likeness (QED) is 0.764. The summed E-state index contributed by atoms with van der Waals surface area (Å²) >= 11 is 0. The zero-order valence-corrected chi connectivity index (χ0v) is 11.1. The van der Waals surface area contributed by atoms with Gasteiger partial charge in [0.05, 0.1) is 16.6 Å². The number of hydrogen-bond donors (Lipinski definition) is 2. The molecule has 0 aliphatic carbocycles. The van der Waals surface area contributed by atoms with Crippen LogP contribution >= 0.6 is 0 Å². The maximum atomic E-state index is 11.8. The molecule has 0 fully saturated rings. The van der Waals surface area contributed by atoms with Crippen molar-refractivity contribution in [1.29, 1.82) is 0 Å². The Morgan fingerprint density at radius 3 is 3.00 bits per heavy atom. The second-order valence-corrected chi connectivity index (χ2v) is 4.65. The van der Waals surface area contributed by atoms with E-state index < -0.39 is 0 Å². The Bertz CT molecular complexity index is 709. The first kappa shape index (κ1) is 12.5. The van der Waals surface area contributed by atoms with E-state index in [1.807, 2.05) is 31.2 Å². The van der Waals surface area contributed by atoms with Gasteiger partial charge in [0.1, 0.15) is 17.8 Å². The molecule has 0 aliphatic heterocycles. The van der Waals surface area contributed by atoms with Crippen molar-refractivity contribution in [3.63, 3.8) is 0 Å². The third-order valence-corrected chi connectivity index (χ3v) is 3.08. The molecule has 1 aromatic carbocycles. The lowest BCUT2D eigenvalue weighted by atomic mass is 10.3. The highest BCUT2D eigenvalue weighted by atomic mass is 16.3. The second kappa shape index (κ2) is 5.21. The molecule has 0 radical (unpaired) electrons. The van der Waals surface area contributed by atoms with E-state index in [1.54, 1.807) is 6.07 Å². The lowest BCUT2D eigenvalue weighted by Gasteiger charge is -2.01. The number of aromatic nitrogens is 2. The van der Waals surface area contributed by atoms with Crippen LogP contribution in [-0.2, 0) is 6.42 Å². The van der Waals surface area contributed by atoms with Crippen molar-refractivity contribution >= 4 is 16.9 Å². The van der Waals surface area contributed by atoms with Crippen LogP contribution in [0.5, 0.6) is 0 Å². The Hall–Kier alpha value is -2.56. The standard InChI is InChI=1S/C15H15N3O2/c1-10-8-11(9-20-10)15(19)16-7-6-14-17-12-4-2-3-5-13(12)18-14/h2-5,8-9H,6-7H2,1H3,(H,16,19)(H,17,18). The van der Waals surface area contributed by atoms with Gasteiger partial charge in [0.2, 0.25) is 0 Å². The maximum absolute atomic E-state index is 11.8. The van der Waals surface area contributed by atoms with Crippen molar-refractivity contribution in [1.82, 2.24) is 15.3 Å². The minimum absolute atomic E-state index is 0.127. The lowest BCUT2D eigenvalue weighted by molar-refractivity contribution is 0.0953. The van der Waals surface area contributed by atoms with E-state index in [1.165, 1.54) is 6.26 Å². The van der Waals surface area contributed by atoms with Gasteiger partial charge in [0.15, 0.2) is 0 Å². The van der Waals surface area contributed by atoms with Crippen LogP contribution < -0.4 is 5.32 Å². The summed E-state index contributed by atoms with van der Waals surface area (Å²) in [5.74, 6) is 1.47. The number of nitrogens with one attached hydrogen (secondary N) is 2. The number of furan rings is 1. The van der Waals surface area contributed by atoms with Gasteiger partial charge >= 0.3 is 0 Å². The first-order valence-electron chi connectivity index (χ1n) is 6.49. The third-order valence-electron chi connectivity index (χ3n) is 3.08. The molecule has 0 unspecified atom stereocenters. The summed E-state index contributed by atoms with van der Waals surface area (Å²) in [7, 11) is 0. The fraction of sp³-hybridized carbons (Fsp3) is 0.200. The molecule has 102 valence electrons. The largest absolute Gasteiger partial charge is 0.469 e. The average molecular weight is 269 g/mol. The number of aromatic amines is 1. The Balaban J connectivity index is 1.58. The van der Waals surface area contributed by atoms with Crippen LogP contribution in [0, 0.1) is 6.92 Å². The summed E-state index contributed by atoms with van der Waals surface area (Å²) in [6.07, 6.45) is 2.13. The lowest BCUT2D eigenvalue weighted by Crippen LogP contribution is -2.25. The molecule has 0 saturated carbocycles. The van der Waals surface area contributed by atoms with Crippen LogP contribution in [0.15, 0.2) is 41.0 Å². The number of carbonyl (C=O) groups excluding carboxylic acids is 1. The number of para-hydroxylation sites is 2. The number of nitrogens with zero attached hydrogens (tertiary/aromatic N) is 1. The first-order chi connectivity index (χ1) is 9.72. The summed E-state index contributed by atoms with van der Waals surface area (Å²) in [6, 6.07) is 9.58. The molecular weight excluding hydrogens is 254 g/mol. The van der Waals surface area contributed by atoms with E-state index in [4.69, 9.17) is 4.42 Å². The highest BCUT2D eigenvalue weighted by Crippen LogP contribution is 2.10. The molecule has 3 aromatic rings. The fourth-order valence-electron chi connectivity index (χ4n) is 2.08. The van der Waals surface area contributed by atoms with Gasteiger partial charge in [0, 0.05) is 13.0 Å². The van der Waals surface area contributed by atoms with Crippen molar-refractivity contribution < 1.29 is 9.21 Å². The molecule has 2 aromatic heterocycles. The molecule has 2 heterocycles. The molecule has 20 heavy (non-hydrogen) atoms. The van der Waals surface area contributed by atoms with Crippen LogP contribution in [0.25, 0.3) is 11.0 Å². The fourth-order valence-corrected chi connectivity index (χ4v) is 2.08. The number of imidazole rings is 1. The zero-order chi connectivity index (χ0) is 13.9. The van der Waals surface area contributed by atoms with Gasteiger partial charge in [-0.15, -0.1) is 0 Å². The van der Waals surface area contributed by atoms with Gasteiger partial charge in [0.25, 0.3) is 5.91 Å². The number of H-pyrrole nitrogens is 1. The van der Waals surface area contributed by atoms with Crippen LogP contribution in [0.2, 0.25) is 0 Å². The van der Waals surface area contributed by atoms with Gasteiger partial charge < -0.3 is 14.7 Å². The Kier molecular flexibility index (Phi) is 3.25. The molecule has 0 spiro atoms. The van der Waals surface area contributed by atoms with Crippen molar-refractivity contribution in [2.45, 2.75) is 13.3 Å². The van der Waals surface area contributed by atoms with Crippen molar-refractivity contribution in [3.8, 4) is 0 Å². The molecule has 2 N–H and O–H groups in total. The molecule has 5 nitrogen and oxygen atoms in total. The maximum Gasteiger partial charge on any atom is 0.254 e. The summed E-state index contributed by atoms with van der Waals surface area (Å²) in [4.78, 5) is 19.5. The van der Waals surface area contributed by atoms with E-state index in [2.05, 4.69) is 15.3 Å². The van der Waals surface area contributed by atoms with Crippen LogP contribution in [0.3, 0.4) is 0 Å². The Morgan fingerprint density at radius 2 is 2.25 bits per heavy atom. The van der Waals surface area contributed by atoms with Gasteiger partial charge in [-0.25, -0.2) is 4.98 Å². The van der Waals surface area contributed by atoms with Crippen molar-refractivity contribution in [2.24, 2.45) is 0 Å². The van der Waals surface area contributed by atoms with Gasteiger partial charge in [-0.2, -0.15) is 0 Å². The van der Waals surface area contributed by atoms with Crippen LogP contribution in [-0.4, -0.2) is 22.4 Å². The number of rotatable bonds is 4. The third kappa shape index (κ3) is 2.56. The van der Waals surface area contributed by atoms with Crippen LogP contribution in [0.1, 0.15) is 21.9 Å². The monoisotopic (exact) mass is 269 g/mol. The predicted molar refractivity (Wildman–Crippen MR) is 75.6 cm³/mol. The highest BCUT2D eigenvalue weighted by Gasteiger charge is 2.08. The van der Waals surface area contributed by atoms with E-state index in [0.717, 1.165) is 22.6 Å². The number of carbonyl (C=O) groups is 1. The SMILES string of the molecule is Cc1cc(C(=O)NCCc2nc3ccccc3[nH]2)co1. The average Bonchev–Trinajstić information content (AvgIpc) is 3.04. The topological polar surface area (TPSA) is 70.9 Å². The van der Waals surface area contributed by atoms with Crippen LogP contribution in [0.4, 0.5) is 0 Å². The molecule has 0 bridgehead atoms. The van der Waals surface area contributed by atoms with E-state index >= 15 is 0 Å². The van der Waals surface area contributed by atoms with Gasteiger partial charge in [-0.1, -0.05) is 12.1 Å². The number of hydrogen-bond acceptors (Lipinski definition) is 3. The minimum atomic E-state index is -0.127. The molecular formula is C15H15N3O2. The zero-order valence-electron chi connectivity index (χ0n) is 11.1. The summed E-state index contributed by atoms with van der Waals surface area (Å²) < 4.78 is 5.11. The number of aryl methyl sites for hydroxylation is 1. The summed E-state index contributed by atoms with van der Waals surface area (Å²) in [5, 5.41) is 2.85. The van der Waals surface area contributed by atoms with E-state index in [0.29, 0.717) is 18.5 Å². The minimum Gasteiger partial charge on any atom is -0.469 e. The summed E-state index contributed by atoms with van der Waals surface area (Å²) in [5.41, 5.74) is 2.51. The molecule has 3 rings (SSSR count). The summed E-state index contributed by atoms with van der Waals surface area (Å²) in [6.45, 7) is 2.34. The normalized spacial score (nSPS) is 10.8. The molecule has 0 aliphatic rings. The molecule has 1 amide bonds. The molecule has 0 atom stereocenters. The van der Waals surface area contributed by atoms with Gasteiger partial charge in [-0.3, -0.25) is 4.79 Å². The number of benzene rings is 1.